The molecule has 19 heavy (non-hydrogen) atoms. The third kappa shape index (κ3) is 3.09. The smallest absolute Gasteiger partial charge is 0.399 e. The van der Waals surface area contributed by atoms with Crippen molar-refractivity contribution in [3.8, 4) is 11.8 Å². The van der Waals surface area contributed by atoms with Crippen LogP contribution < -0.4 is 4.74 Å². The van der Waals surface area contributed by atoms with Crippen LogP contribution in [0, 0.1) is 12.7 Å². The van der Waals surface area contributed by atoms with Crippen molar-refractivity contribution in [2.45, 2.75) is 13.8 Å². The molecule has 0 aliphatic rings. The molecule has 0 saturated carbocycles. The third-order valence-electron chi connectivity index (χ3n) is 2.32. The van der Waals surface area contributed by atoms with Gasteiger partial charge >= 0.3 is 12.0 Å². The van der Waals surface area contributed by atoms with Crippen molar-refractivity contribution >= 4 is 5.97 Å². The fraction of sp³-hybridized carbons (Fsp3) is 0.231. The number of halogens is 1. The Kier molecular flexibility index (Phi) is 3.79. The topological polar surface area (TPSA) is 61.6 Å². The molecule has 0 unspecified atom stereocenters. The van der Waals surface area contributed by atoms with Crippen molar-refractivity contribution in [2.75, 3.05) is 6.61 Å². The van der Waals surface area contributed by atoms with Crippen molar-refractivity contribution in [1.82, 2.24) is 4.98 Å². The lowest BCUT2D eigenvalue weighted by molar-refractivity contribution is 0.0519. The van der Waals surface area contributed by atoms with E-state index >= 15 is 0 Å². The summed E-state index contributed by atoms with van der Waals surface area (Å²) in [5.41, 5.74) is 0.511. The zero-order valence-corrected chi connectivity index (χ0v) is 10.5. The first-order valence-electron chi connectivity index (χ1n) is 5.67. The Labute approximate surface area is 109 Å². The molecule has 0 amide bonds. The van der Waals surface area contributed by atoms with E-state index in [1.54, 1.807) is 26.0 Å². The minimum atomic E-state index is -0.601. The number of aromatic nitrogens is 1. The van der Waals surface area contributed by atoms with Crippen LogP contribution in [0.4, 0.5) is 4.39 Å². The summed E-state index contributed by atoms with van der Waals surface area (Å²) in [6.45, 7) is 3.57. The largest absolute Gasteiger partial charge is 0.461 e. The van der Waals surface area contributed by atoms with Crippen molar-refractivity contribution in [3.63, 3.8) is 0 Å². The second-order valence-electron chi connectivity index (χ2n) is 3.73. The number of rotatable bonds is 4. The number of oxazole rings is 1. The Hall–Kier alpha value is -2.37. The molecule has 0 radical (unpaired) electrons. The molecule has 0 fully saturated rings. The third-order valence-corrected chi connectivity index (χ3v) is 2.32. The molecule has 6 heteroatoms. The average Bonchev–Trinajstić information content (AvgIpc) is 2.83. The molecular formula is C13H12FNO4. The lowest BCUT2D eigenvalue weighted by Gasteiger charge is -2.01. The van der Waals surface area contributed by atoms with Gasteiger partial charge in [0.05, 0.1) is 6.61 Å². The minimum absolute atomic E-state index is 0.00411. The predicted octanol–water partition coefficient (Wildman–Crippen LogP) is 3.09. The zero-order chi connectivity index (χ0) is 13.8. The Bertz CT molecular complexity index is 594. The van der Waals surface area contributed by atoms with E-state index in [1.165, 1.54) is 6.07 Å². The van der Waals surface area contributed by atoms with E-state index in [0.717, 1.165) is 6.26 Å². The Morgan fingerprint density at radius 2 is 2.26 bits per heavy atom. The van der Waals surface area contributed by atoms with Crippen LogP contribution in [-0.4, -0.2) is 17.6 Å². The lowest BCUT2D eigenvalue weighted by atomic mass is 10.2. The molecule has 1 aromatic carbocycles. The summed E-state index contributed by atoms with van der Waals surface area (Å²) < 4.78 is 28.2. The average molecular weight is 265 g/mol. The van der Waals surface area contributed by atoms with Gasteiger partial charge in [-0.3, -0.25) is 0 Å². The molecular weight excluding hydrogens is 253 g/mol. The van der Waals surface area contributed by atoms with Gasteiger partial charge in [0, 0.05) is 6.07 Å². The maximum Gasteiger partial charge on any atom is 0.399 e. The van der Waals surface area contributed by atoms with Crippen molar-refractivity contribution in [2.24, 2.45) is 0 Å². The number of hydrogen-bond donors (Lipinski definition) is 0. The van der Waals surface area contributed by atoms with E-state index in [2.05, 4.69) is 4.98 Å². The maximum absolute atomic E-state index is 13.3. The van der Waals surface area contributed by atoms with Gasteiger partial charge in [-0.15, -0.1) is 0 Å². The van der Waals surface area contributed by atoms with Crippen molar-refractivity contribution in [3.05, 3.63) is 41.5 Å². The molecule has 0 aliphatic heterocycles. The maximum atomic E-state index is 13.3. The first-order valence-corrected chi connectivity index (χ1v) is 5.67. The van der Waals surface area contributed by atoms with Gasteiger partial charge in [-0.1, -0.05) is 6.07 Å². The predicted molar refractivity (Wildman–Crippen MR) is 63.7 cm³/mol. The SMILES string of the molecule is CCOC(=O)c1coc(Oc2ccc(C)c(F)c2)n1. The van der Waals surface area contributed by atoms with Crippen molar-refractivity contribution in [1.29, 1.82) is 0 Å². The summed E-state index contributed by atoms with van der Waals surface area (Å²) in [7, 11) is 0. The number of hydrogen-bond acceptors (Lipinski definition) is 5. The summed E-state index contributed by atoms with van der Waals surface area (Å²) in [6, 6.07) is 4.36. The molecule has 0 bridgehead atoms. The van der Waals surface area contributed by atoms with Crippen LogP contribution in [0.1, 0.15) is 23.0 Å². The summed E-state index contributed by atoms with van der Waals surface area (Å²) in [5.74, 6) is -0.758. The summed E-state index contributed by atoms with van der Waals surface area (Å²) >= 11 is 0. The van der Waals surface area contributed by atoms with Gasteiger partial charge in [0.2, 0.25) is 0 Å². The normalized spacial score (nSPS) is 10.3. The number of ether oxygens (including phenoxy) is 2. The number of benzene rings is 1. The summed E-state index contributed by atoms with van der Waals surface area (Å²) in [5, 5.41) is 0. The molecule has 0 atom stereocenters. The van der Waals surface area contributed by atoms with Crippen LogP contribution >= 0.6 is 0 Å². The van der Waals surface area contributed by atoms with Gasteiger partial charge < -0.3 is 13.9 Å². The molecule has 2 aromatic rings. The zero-order valence-electron chi connectivity index (χ0n) is 10.5. The van der Waals surface area contributed by atoms with Crippen LogP contribution in [0.2, 0.25) is 0 Å². The molecule has 5 nitrogen and oxygen atoms in total. The highest BCUT2D eigenvalue weighted by Crippen LogP contribution is 2.22. The molecule has 0 spiro atoms. The standard InChI is InChI=1S/C13H12FNO4/c1-3-17-12(16)11-7-18-13(15-11)19-9-5-4-8(2)10(14)6-9/h4-7H,3H2,1-2H3. The molecule has 0 aliphatic carbocycles. The number of esters is 1. The van der Waals surface area contributed by atoms with Crippen LogP contribution in [0.5, 0.6) is 11.8 Å². The fourth-order valence-corrected chi connectivity index (χ4v) is 1.34. The fourth-order valence-electron chi connectivity index (χ4n) is 1.34. The highest BCUT2D eigenvalue weighted by atomic mass is 19.1. The van der Waals surface area contributed by atoms with E-state index in [4.69, 9.17) is 13.9 Å². The lowest BCUT2D eigenvalue weighted by Crippen LogP contribution is -2.04. The van der Waals surface area contributed by atoms with Gasteiger partial charge in [-0.05, 0) is 25.5 Å². The van der Waals surface area contributed by atoms with E-state index in [0.29, 0.717) is 5.56 Å². The Morgan fingerprint density at radius 3 is 2.95 bits per heavy atom. The van der Waals surface area contributed by atoms with E-state index < -0.39 is 11.8 Å². The minimum Gasteiger partial charge on any atom is -0.461 e. The van der Waals surface area contributed by atoms with E-state index in [1.807, 2.05) is 0 Å². The van der Waals surface area contributed by atoms with Gasteiger partial charge in [-0.25, -0.2) is 9.18 Å². The second-order valence-corrected chi connectivity index (χ2v) is 3.73. The molecule has 0 N–H and O–H groups in total. The highest BCUT2D eigenvalue weighted by Gasteiger charge is 2.14. The molecule has 1 aromatic heterocycles. The first kappa shape index (κ1) is 13.1. The number of aryl methyl sites for hydroxylation is 1. The Balaban J connectivity index is 2.11. The van der Waals surface area contributed by atoms with E-state index in [9.17, 15) is 9.18 Å². The summed E-state index contributed by atoms with van der Waals surface area (Å²) in [4.78, 5) is 15.1. The van der Waals surface area contributed by atoms with Crippen LogP contribution in [0.25, 0.3) is 0 Å². The molecule has 1 heterocycles. The van der Waals surface area contributed by atoms with E-state index in [-0.39, 0.29) is 24.1 Å². The Morgan fingerprint density at radius 1 is 1.47 bits per heavy atom. The molecule has 2 rings (SSSR count). The van der Waals surface area contributed by atoms with Crippen molar-refractivity contribution < 1.29 is 23.1 Å². The van der Waals surface area contributed by atoms with Gasteiger partial charge in [-0.2, -0.15) is 4.98 Å². The molecule has 100 valence electrons. The van der Waals surface area contributed by atoms with Gasteiger partial charge in [0.1, 0.15) is 17.8 Å². The number of nitrogens with zero attached hydrogens (tertiary/aromatic N) is 1. The quantitative estimate of drug-likeness (QED) is 0.795. The number of carbonyl (C=O) groups is 1. The van der Waals surface area contributed by atoms with Gasteiger partial charge in [0.25, 0.3) is 0 Å². The van der Waals surface area contributed by atoms with Crippen LogP contribution in [0.3, 0.4) is 0 Å². The van der Waals surface area contributed by atoms with Crippen LogP contribution in [-0.2, 0) is 4.74 Å². The molecule has 0 saturated heterocycles. The highest BCUT2D eigenvalue weighted by molar-refractivity contribution is 5.86. The second kappa shape index (κ2) is 5.51. The summed E-state index contributed by atoms with van der Waals surface area (Å²) in [6.07, 6.45) is 0.976. The van der Waals surface area contributed by atoms with Crippen LogP contribution in [0.15, 0.2) is 28.9 Å². The van der Waals surface area contributed by atoms with Gasteiger partial charge in [0.15, 0.2) is 5.69 Å². The monoisotopic (exact) mass is 265 g/mol. The number of carbonyl (C=O) groups excluding carboxylic acids is 1. The first-order chi connectivity index (χ1) is 9.10.